The van der Waals surface area contributed by atoms with Gasteiger partial charge in [-0.15, -0.1) is 0 Å². The SMILES string of the molecule is CCN(CC)c1ccc2cc(-c3ccc(-c4cc5c6ccccc6c6ccccc6c5oc4=O)c4ccccc34)c(=O)oc2c1. The lowest BCUT2D eigenvalue weighted by Crippen LogP contribution is -2.21. The van der Waals surface area contributed by atoms with Crippen molar-refractivity contribution in [3.63, 3.8) is 0 Å². The summed E-state index contributed by atoms with van der Waals surface area (Å²) in [6.45, 7) is 5.94. The van der Waals surface area contributed by atoms with Crippen LogP contribution in [-0.4, -0.2) is 13.1 Å². The average Bonchev–Trinajstić information content (AvgIpc) is 3.08. The molecule has 45 heavy (non-hydrogen) atoms. The Kier molecular flexibility index (Phi) is 6.27. The van der Waals surface area contributed by atoms with Crippen molar-refractivity contribution in [3.8, 4) is 22.3 Å². The zero-order valence-electron chi connectivity index (χ0n) is 25.0. The Morgan fingerprint density at radius 1 is 0.489 bits per heavy atom. The molecule has 8 rings (SSSR count). The summed E-state index contributed by atoms with van der Waals surface area (Å²) in [5.41, 5.74) is 3.79. The van der Waals surface area contributed by atoms with Gasteiger partial charge in [0, 0.05) is 41.0 Å². The minimum absolute atomic E-state index is 0.402. The molecule has 8 aromatic rings. The van der Waals surface area contributed by atoms with E-state index < -0.39 is 11.3 Å². The van der Waals surface area contributed by atoms with E-state index in [0.717, 1.165) is 73.0 Å². The normalized spacial score (nSPS) is 11.7. The van der Waals surface area contributed by atoms with Gasteiger partial charge >= 0.3 is 11.3 Å². The number of benzene rings is 6. The van der Waals surface area contributed by atoms with Crippen LogP contribution in [0.1, 0.15) is 13.8 Å². The molecule has 0 spiro atoms. The summed E-state index contributed by atoms with van der Waals surface area (Å²) < 4.78 is 12.0. The molecule has 218 valence electrons. The van der Waals surface area contributed by atoms with Crippen LogP contribution in [0.3, 0.4) is 0 Å². The predicted molar refractivity (Wildman–Crippen MR) is 185 cm³/mol. The van der Waals surface area contributed by atoms with Crippen LogP contribution < -0.4 is 16.2 Å². The van der Waals surface area contributed by atoms with Gasteiger partial charge in [0.05, 0.1) is 11.1 Å². The number of fused-ring (bicyclic) bond motifs is 8. The van der Waals surface area contributed by atoms with Crippen molar-refractivity contribution in [1.82, 2.24) is 0 Å². The Hall–Kier alpha value is -5.68. The van der Waals surface area contributed by atoms with Gasteiger partial charge in [-0.2, -0.15) is 0 Å². The van der Waals surface area contributed by atoms with Crippen LogP contribution in [0, 0.1) is 0 Å². The average molecular weight is 588 g/mol. The minimum Gasteiger partial charge on any atom is -0.422 e. The highest BCUT2D eigenvalue weighted by atomic mass is 16.4. The van der Waals surface area contributed by atoms with Gasteiger partial charge in [0.25, 0.3) is 0 Å². The fourth-order valence-corrected chi connectivity index (χ4v) is 6.77. The largest absolute Gasteiger partial charge is 0.422 e. The Balaban J connectivity index is 1.34. The first-order valence-electron chi connectivity index (χ1n) is 15.3. The molecule has 0 unspecified atom stereocenters. The van der Waals surface area contributed by atoms with Crippen molar-refractivity contribution < 1.29 is 8.83 Å². The molecule has 2 heterocycles. The number of hydrogen-bond donors (Lipinski definition) is 0. The first-order valence-corrected chi connectivity index (χ1v) is 15.3. The standard InChI is InChI=1S/C40H29NO4/c1-3-41(4-2)25-18-17-24-21-35(39(42)44-37(24)22-25)31-19-20-32(27-12-6-5-11-26(27)31)36-23-34-30-15-8-7-13-28(30)29-14-9-10-16-33(29)38(34)45-40(36)43/h5-23H,3-4H2,1-2H3. The van der Waals surface area contributed by atoms with Crippen LogP contribution in [0.4, 0.5) is 5.69 Å². The van der Waals surface area contributed by atoms with Gasteiger partial charge in [-0.05, 0) is 76.2 Å². The molecule has 0 fully saturated rings. The summed E-state index contributed by atoms with van der Waals surface area (Å²) in [4.78, 5) is 29.4. The van der Waals surface area contributed by atoms with Crippen LogP contribution in [0.2, 0.25) is 0 Å². The highest BCUT2D eigenvalue weighted by Crippen LogP contribution is 2.39. The molecule has 5 heteroatoms. The van der Waals surface area contributed by atoms with E-state index in [4.69, 9.17) is 8.83 Å². The van der Waals surface area contributed by atoms with Crippen LogP contribution in [0.5, 0.6) is 0 Å². The van der Waals surface area contributed by atoms with Crippen LogP contribution in [-0.2, 0) is 0 Å². The van der Waals surface area contributed by atoms with E-state index in [1.807, 2.05) is 91.0 Å². The molecule has 0 amide bonds. The first-order chi connectivity index (χ1) is 22.1. The summed E-state index contributed by atoms with van der Waals surface area (Å²) in [6, 6.07) is 37.7. The van der Waals surface area contributed by atoms with E-state index in [0.29, 0.717) is 22.3 Å². The third-order valence-corrected chi connectivity index (χ3v) is 8.98. The summed E-state index contributed by atoms with van der Waals surface area (Å²) in [5.74, 6) is 0. The number of nitrogens with zero attached hydrogens (tertiary/aromatic N) is 1. The highest BCUT2D eigenvalue weighted by Gasteiger charge is 2.19. The van der Waals surface area contributed by atoms with Crippen molar-refractivity contribution >= 4 is 59.9 Å². The Morgan fingerprint density at radius 3 is 1.62 bits per heavy atom. The van der Waals surface area contributed by atoms with E-state index in [1.54, 1.807) is 0 Å². The Labute approximate surface area is 258 Å². The predicted octanol–water partition coefficient (Wildman–Crippen LogP) is 9.54. The maximum absolute atomic E-state index is 13.7. The molecular weight excluding hydrogens is 558 g/mol. The molecular formula is C40H29NO4. The van der Waals surface area contributed by atoms with E-state index in [-0.39, 0.29) is 0 Å². The molecule has 0 aliphatic carbocycles. The van der Waals surface area contributed by atoms with Crippen LogP contribution in [0.25, 0.3) is 76.5 Å². The number of rotatable bonds is 5. The van der Waals surface area contributed by atoms with E-state index in [1.165, 1.54) is 0 Å². The lowest BCUT2D eigenvalue weighted by atomic mass is 9.91. The van der Waals surface area contributed by atoms with Crippen molar-refractivity contribution in [3.05, 3.63) is 136 Å². The van der Waals surface area contributed by atoms with E-state index in [2.05, 4.69) is 43.0 Å². The number of hydrogen-bond acceptors (Lipinski definition) is 5. The fourth-order valence-electron chi connectivity index (χ4n) is 6.77. The van der Waals surface area contributed by atoms with E-state index >= 15 is 0 Å². The lowest BCUT2D eigenvalue weighted by Gasteiger charge is -2.21. The van der Waals surface area contributed by atoms with Gasteiger partial charge in [-0.3, -0.25) is 0 Å². The van der Waals surface area contributed by atoms with Crippen LogP contribution in [0.15, 0.2) is 134 Å². The molecule has 0 aliphatic heterocycles. The number of anilines is 1. The summed E-state index contributed by atoms with van der Waals surface area (Å²) >= 11 is 0. The molecule has 0 radical (unpaired) electrons. The van der Waals surface area contributed by atoms with Crippen molar-refractivity contribution in [2.45, 2.75) is 13.8 Å². The maximum Gasteiger partial charge on any atom is 0.344 e. The van der Waals surface area contributed by atoms with Crippen molar-refractivity contribution in [2.75, 3.05) is 18.0 Å². The third-order valence-electron chi connectivity index (χ3n) is 8.98. The zero-order chi connectivity index (χ0) is 30.7. The first kappa shape index (κ1) is 26.9. The molecule has 0 aliphatic rings. The Morgan fingerprint density at radius 2 is 1.00 bits per heavy atom. The van der Waals surface area contributed by atoms with Crippen molar-refractivity contribution in [1.29, 1.82) is 0 Å². The topological polar surface area (TPSA) is 63.7 Å². The zero-order valence-corrected chi connectivity index (χ0v) is 25.0. The second-order valence-corrected chi connectivity index (χ2v) is 11.3. The monoisotopic (exact) mass is 587 g/mol. The summed E-state index contributed by atoms with van der Waals surface area (Å²) in [7, 11) is 0. The summed E-state index contributed by atoms with van der Waals surface area (Å²) in [6.07, 6.45) is 0. The second kappa shape index (κ2) is 10.5. The van der Waals surface area contributed by atoms with E-state index in [9.17, 15) is 9.59 Å². The second-order valence-electron chi connectivity index (χ2n) is 11.3. The quantitative estimate of drug-likeness (QED) is 0.148. The fraction of sp³-hybridized carbons (Fsp3) is 0.100. The van der Waals surface area contributed by atoms with Crippen LogP contribution >= 0.6 is 0 Å². The highest BCUT2D eigenvalue weighted by molar-refractivity contribution is 6.24. The van der Waals surface area contributed by atoms with Gasteiger partial charge in [0.2, 0.25) is 0 Å². The maximum atomic E-state index is 13.7. The third kappa shape index (κ3) is 4.23. The molecule has 0 N–H and O–H groups in total. The molecule has 0 saturated carbocycles. The summed E-state index contributed by atoms with van der Waals surface area (Å²) in [5, 5.41) is 7.51. The smallest absolute Gasteiger partial charge is 0.344 e. The molecule has 0 atom stereocenters. The lowest BCUT2D eigenvalue weighted by molar-refractivity contribution is 0.563. The van der Waals surface area contributed by atoms with Gasteiger partial charge in [-0.25, -0.2) is 9.59 Å². The molecule has 6 aromatic carbocycles. The molecule has 5 nitrogen and oxygen atoms in total. The van der Waals surface area contributed by atoms with Gasteiger partial charge in [-0.1, -0.05) is 84.9 Å². The van der Waals surface area contributed by atoms with Crippen molar-refractivity contribution in [2.24, 2.45) is 0 Å². The van der Waals surface area contributed by atoms with Gasteiger partial charge < -0.3 is 13.7 Å². The van der Waals surface area contributed by atoms with Gasteiger partial charge in [0.1, 0.15) is 11.2 Å². The molecule has 2 aromatic heterocycles. The Bertz CT molecular complexity index is 2570. The van der Waals surface area contributed by atoms with Gasteiger partial charge in [0.15, 0.2) is 0 Å². The molecule has 0 bridgehead atoms. The molecule has 0 saturated heterocycles. The minimum atomic E-state index is -0.407.